The smallest absolute Gasteiger partial charge is 0.315 e. The third-order valence-corrected chi connectivity index (χ3v) is 12.2. The zero-order valence-electron chi connectivity index (χ0n) is 24.8. The average molecular weight is 615 g/mol. The monoisotopic (exact) mass is 614 g/mol. The van der Waals surface area contributed by atoms with Crippen molar-refractivity contribution in [3.05, 3.63) is 23.3 Å². The van der Waals surface area contributed by atoms with E-state index in [2.05, 4.69) is 0 Å². The number of carbonyl (C=O) groups is 4. The van der Waals surface area contributed by atoms with Gasteiger partial charge in [0, 0.05) is 23.7 Å². The summed E-state index contributed by atoms with van der Waals surface area (Å²) in [5.41, 5.74) is 0.195. The molecule has 7 aliphatic rings. The van der Waals surface area contributed by atoms with Crippen LogP contribution in [0.2, 0.25) is 0 Å². The second kappa shape index (κ2) is 9.60. The largest absolute Gasteiger partial charge is 0.458 e. The predicted octanol–water partition coefficient (Wildman–Crippen LogP) is 4.20. The number of benzene rings is 1. The molecule has 8 atom stereocenters. The molecule has 1 saturated heterocycles. The second-order valence-corrected chi connectivity index (χ2v) is 16.0. The molecule has 1 aromatic carbocycles. The molecule has 6 saturated carbocycles. The molecule has 10 nitrogen and oxygen atoms in total. The van der Waals surface area contributed by atoms with Gasteiger partial charge in [-0.2, -0.15) is 8.42 Å². The van der Waals surface area contributed by atoms with E-state index in [9.17, 15) is 32.1 Å². The minimum absolute atomic E-state index is 0.0900. The molecule has 6 bridgehead atoms. The summed E-state index contributed by atoms with van der Waals surface area (Å²) in [6.07, 6.45) is 2.54. The van der Waals surface area contributed by atoms with E-state index in [0.29, 0.717) is 42.7 Å². The molecule has 1 N–H and O–H groups in total. The van der Waals surface area contributed by atoms with Crippen molar-refractivity contribution in [3.63, 3.8) is 0 Å². The maximum absolute atomic E-state index is 14.0. The van der Waals surface area contributed by atoms with Crippen LogP contribution < -0.4 is 4.74 Å². The number of rotatable bonds is 7. The van der Waals surface area contributed by atoms with Crippen molar-refractivity contribution < 1.29 is 46.4 Å². The molecule has 7 fully saturated rings. The molecule has 1 aromatic rings. The van der Waals surface area contributed by atoms with Crippen molar-refractivity contribution in [2.24, 2.45) is 46.8 Å². The van der Waals surface area contributed by atoms with Crippen LogP contribution in [0.25, 0.3) is 0 Å². The Hall–Kier alpha value is -2.79. The van der Waals surface area contributed by atoms with Gasteiger partial charge >= 0.3 is 17.9 Å². The van der Waals surface area contributed by atoms with Gasteiger partial charge in [0.2, 0.25) is 0 Å². The number of esters is 3. The highest BCUT2D eigenvalue weighted by molar-refractivity contribution is 7.85. The first-order valence-corrected chi connectivity index (χ1v) is 16.9. The molecule has 0 spiro atoms. The Morgan fingerprint density at radius 2 is 1.56 bits per heavy atom. The summed E-state index contributed by atoms with van der Waals surface area (Å²) in [6.45, 7) is 7.31. The van der Waals surface area contributed by atoms with Gasteiger partial charge in [-0.25, -0.2) is 0 Å². The number of carbonyl (C=O) groups excluding carboxylic acids is 4. The highest BCUT2D eigenvalue weighted by atomic mass is 32.2. The summed E-state index contributed by atoms with van der Waals surface area (Å²) >= 11 is 0. The van der Waals surface area contributed by atoms with E-state index < -0.39 is 57.4 Å². The summed E-state index contributed by atoms with van der Waals surface area (Å²) in [5, 5.41) is 0. The lowest BCUT2D eigenvalue weighted by molar-refractivity contribution is -0.188. The zero-order valence-corrected chi connectivity index (χ0v) is 25.6. The van der Waals surface area contributed by atoms with Crippen molar-refractivity contribution in [1.82, 2.24) is 0 Å². The topological polar surface area (TPSA) is 150 Å². The lowest BCUT2D eigenvalue weighted by Gasteiger charge is -2.54. The van der Waals surface area contributed by atoms with Gasteiger partial charge in [-0.3, -0.25) is 23.7 Å². The van der Waals surface area contributed by atoms with E-state index in [1.165, 1.54) is 12.1 Å². The number of fused-ring (bicyclic) bond motifs is 1. The Labute approximate surface area is 251 Å². The third kappa shape index (κ3) is 4.31. The first-order valence-electron chi connectivity index (χ1n) is 15.5. The fraction of sp³-hybridized carbons (Fsp3) is 0.688. The minimum Gasteiger partial charge on any atom is -0.458 e. The average Bonchev–Trinajstić information content (AvgIpc) is 3.54. The molecular formula is C32H38O10S. The fourth-order valence-corrected chi connectivity index (χ4v) is 10.2. The third-order valence-electron chi connectivity index (χ3n) is 11.4. The van der Waals surface area contributed by atoms with Crippen LogP contribution in [0.5, 0.6) is 5.75 Å². The lowest BCUT2D eigenvalue weighted by Crippen LogP contribution is -2.56. The fourth-order valence-electron chi connectivity index (χ4n) is 9.65. The number of hydrogen-bond acceptors (Lipinski definition) is 9. The normalized spacial score (nSPS) is 38.7. The summed E-state index contributed by atoms with van der Waals surface area (Å²) in [5.74, 6) is -3.60. The van der Waals surface area contributed by atoms with Crippen molar-refractivity contribution in [2.75, 3.05) is 0 Å². The van der Waals surface area contributed by atoms with Gasteiger partial charge in [0.05, 0.1) is 22.1 Å². The van der Waals surface area contributed by atoms with E-state index in [-0.39, 0.29) is 52.0 Å². The Bertz CT molecular complexity index is 1500. The Kier molecular flexibility index (Phi) is 6.47. The van der Waals surface area contributed by atoms with Gasteiger partial charge in [-0.05, 0) is 79.5 Å². The van der Waals surface area contributed by atoms with Crippen molar-refractivity contribution >= 4 is 33.8 Å². The molecule has 7 unspecified atom stereocenters. The van der Waals surface area contributed by atoms with Crippen LogP contribution in [-0.4, -0.2) is 48.9 Å². The number of Topliss-reactive ketones (excluding diaryl/α,β-unsaturated/α-hetero) is 1. The molecular weight excluding hydrogens is 576 g/mol. The SMILES string of the molecule is CC(C)c1cc(S(=O)(=O)O)cc(C(C)C)c1OC(=O)C1C2C(=O)OC3C2C[C@H]1C3OC(=O)C12CC3CC(C1)C(=O)C(C3)C2. The van der Waals surface area contributed by atoms with E-state index in [1.54, 1.807) is 0 Å². The van der Waals surface area contributed by atoms with Crippen LogP contribution in [-0.2, 0) is 38.8 Å². The standard InChI is InChI=1S/C32H38O10S/c1-13(2)19-7-18(43(37,38)39)8-20(14(3)4)26(19)40-29(34)24-22-9-21-23(24)30(35)41-27(21)28(22)42-31(36)32-10-15-5-16(11-32)25(33)17(6-15)12-32/h7-8,13-17,21-24,27-28H,5-6,9-12H2,1-4H3,(H,37,38,39)/t15?,16?,17?,21?,22-,23?,24?,27?,28?,32?/m1/s1. The molecule has 232 valence electrons. The van der Waals surface area contributed by atoms with Crippen molar-refractivity contribution in [3.8, 4) is 5.75 Å². The molecule has 1 aliphatic heterocycles. The zero-order chi connectivity index (χ0) is 30.7. The van der Waals surface area contributed by atoms with Gasteiger partial charge in [0.25, 0.3) is 10.1 Å². The Morgan fingerprint density at radius 1 is 0.953 bits per heavy atom. The van der Waals surface area contributed by atoms with Crippen LogP contribution in [0.1, 0.15) is 89.2 Å². The Balaban J connectivity index is 1.17. The molecule has 0 amide bonds. The first kappa shape index (κ1) is 29.0. The highest BCUT2D eigenvalue weighted by Crippen LogP contribution is 2.62. The predicted molar refractivity (Wildman–Crippen MR) is 149 cm³/mol. The van der Waals surface area contributed by atoms with Gasteiger partial charge in [0.1, 0.15) is 23.7 Å². The summed E-state index contributed by atoms with van der Waals surface area (Å²) < 4.78 is 51.8. The van der Waals surface area contributed by atoms with Crippen LogP contribution in [0, 0.1) is 46.8 Å². The molecule has 6 aliphatic carbocycles. The maximum Gasteiger partial charge on any atom is 0.315 e. The molecule has 11 heteroatoms. The number of hydrogen-bond donors (Lipinski definition) is 1. The molecule has 8 rings (SSSR count). The van der Waals surface area contributed by atoms with Crippen LogP contribution in [0.4, 0.5) is 0 Å². The van der Waals surface area contributed by atoms with Gasteiger partial charge < -0.3 is 14.2 Å². The molecule has 0 aromatic heterocycles. The molecule has 43 heavy (non-hydrogen) atoms. The number of ketones is 1. The van der Waals surface area contributed by atoms with E-state index >= 15 is 0 Å². The van der Waals surface area contributed by atoms with E-state index in [4.69, 9.17) is 14.2 Å². The van der Waals surface area contributed by atoms with Crippen LogP contribution in [0.3, 0.4) is 0 Å². The second-order valence-electron chi connectivity index (χ2n) is 14.5. The highest BCUT2D eigenvalue weighted by Gasteiger charge is 2.71. The van der Waals surface area contributed by atoms with Gasteiger partial charge in [0.15, 0.2) is 0 Å². The van der Waals surface area contributed by atoms with E-state index in [1.807, 2.05) is 27.7 Å². The van der Waals surface area contributed by atoms with E-state index in [0.717, 1.165) is 12.8 Å². The summed E-state index contributed by atoms with van der Waals surface area (Å²) in [4.78, 5) is 53.3. The molecule has 1 heterocycles. The quantitative estimate of drug-likeness (QED) is 0.269. The lowest BCUT2D eigenvalue weighted by atomic mass is 9.49. The number of ether oxygens (including phenoxy) is 3. The van der Waals surface area contributed by atoms with Gasteiger partial charge in [-0.1, -0.05) is 27.7 Å². The summed E-state index contributed by atoms with van der Waals surface area (Å²) in [6, 6.07) is 2.63. The van der Waals surface area contributed by atoms with Crippen molar-refractivity contribution in [2.45, 2.75) is 95.2 Å². The van der Waals surface area contributed by atoms with Crippen LogP contribution >= 0.6 is 0 Å². The minimum atomic E-state index is -4.50. The van der Waals surface area contributed by atoms with Gasteiger partial charge in [-0.15, -0.1) is 0 Å². The summed E-state index contributed by atoms with van der Waals surface area (Å²) in [7, 11) is -4.50. The van der Waals surface area contributed by atoms with Crippen LogP contribution in [0.15, 0.2) is 17.0 Å². The Morgan fingerprint density at radius 3 is 2.12 bits per heavy atom. The molecule has 0 radical (unpaired) electrons. The van der Waals surface area contributed by atoms with Crippen molar-refractivity contribution in [1.29, 1.82) is 0 Å². The maximum atomic E-state index is 14.0. The first-order chi connectivity index (χ1) is 20.2.